The summed E-state index contributed by atoms with van der Waals surface area (Å²) in [4.78, 5) is 12.7. The van der Waals surface area contributed by atoms with Gasteiger partial charge in [0.05, 0.1) is 10.9 Å². The number of carbonyl (C=O) groups is 1. The Kier molecular flexibility index (Phi) is 5.27. The average Bonchev–Trinajstić information content (AvgIpc) is 3.17. The molecule has 1 unspecified atom stereocenters. The van der Waals surface area contributed by atoms with Crippen LogP contribution in [0.25, 0.3) is 16.5 Å². The summed E-state index contributed by atoms with van der Waals surface area (Å²) in [6, 6.07) is 21.0. The number of halogens is 1. The molecular formula is C20H16ClN5OS. The molecule has 1 amide bonds. The topological polar surface area (TPSA) is 72.7 Å². The predicted molar refractivity (Wildman–Crippen MR) is 112 cm³/mol. The van der Waals surface area contributed by atoms with Crippen molar-refractivity contribution in [2.24, 2.45) is 0 Å². The highest BCUT2D eigenvalue weighted by molar-refractivity contribution is 8.00. The molecule has 0 radical (unpaired) electrons. The van der Waals surface area contributed by atoms with Crippen LogP contribution in [0.4, 0.5) is 5.69 Å². The van der Waals surface area contributed by atoms with E-state index in [1.807, 2.05) is 61.5 Å². The van der Waals surface area contributed by atoms with Gasteiger partial charge in [-0.1, -0.05) is 59.8 Å². The van der Waals surface area contributed by atoms with Gasteiger partial charge in [0.25, 0.3) is 0 Å². The molecule has 4 aromatic rings. The minimum atomic E-state index is -0.393. The van der Waals surface area contributed by atoms with Crippen LogP contribution in [0.5, 0.6) is 0 Å². The first-order valence-corrected chi connectivity index (χ1v) is 9.87. The third-order valence-electron chi connectivity index (χ3n) is 4.21. The molecule has 140 valence electrons. The van der Waals surface area contributed by atoms with Crippen molar-refractivity contribution in [3.05, 3.63) is 71.8 Å². The molecule has 28 heavy (non-hydrogen) atoms. The zero-order valence-electron chi connectivity index (χ0n) is 14.9. The second kappa shape index (κ2) is 8.00. The maximum absolute atomic E-state index is 12.7. The Hall–Kier alpha value is -2.90. The summed E-state index contributed by atoms with van der Waals surface area (Å²) in [5.74, 6) is -0.119. The van der Waals surface area contributed by atoms with Gasteiger partial charge in [0.15, 0.2) is 0 Å². The molecule has 4 rings (SSSR count). The summed E-state index contributed by atoms with van der Waals surface area (Å²) in [6.45, 7) is 1.83. The van der Waals surface area contributed by atoms with Gasteiger partial charge in [-0.25, -0.2) is 0 Å². The van der Waals surface area contributed by atoms with Crippen LogP contribution in [0.15, 0.2) is 71.9 Å². The van der Waals surface area contributed by atoms with Crippen molar-refractivity contribution in [1.82, 2.24) is 20.2 Å². The largest absolute Gasteiger partial charge is 0.325 e. The van der Waals surface area contributed by atoms with Crippen LogP contribution in [-0.4, -0.2) is 31.4 Å². The van der Waals surface area contributed by atoms with E-state index in [2.05, 4.69) is 20.8 Å². The maximum Gasteiger partial charge on any atom is 0.237 e. The monoisotopic (exact) mass is 409 g/mol. The fraction of sp³-hybridized carbons (Fsp3) is 0.100. The van der Waals surface area contributed by atoms with E-state index in [4.69, 9.17) is 11.6 Å². The van der Waals surface area contributed by atoms with Gasteiger partial charge in [-0.3, -0.25) is 4.79 Å². The Bertz CT molecular complexity index is 1120. The molecule has 0 aliphatic heterocycles. The van der Waals surface area contributed by atoms with Gasteiger partial charge in [-0.15, -0.1) is 5.10 Å². The first-order valence-electron chi connectivity index (χ1n) is 8.61. The summed E-state index contributed by atoms with van der Waals surface area (Å²) >= 11 is 7.23. The number of hydrogen-bond acceptors (Lipinski definition) is 5. The van der Waals surface area contributed by atoms with Crippen molar-refractivity contribution >= 4 is 45.7 Å². The number of nitrogens with zero attached hydrogens (tertiary/aromatic N) is 4. The van der Waals surface area contributed by atoms with Crippen molar-refractivity contribution in [2.75, 3.05) is 5.32 Å². The minimum Gasteiger partial charge on any atom is -0.325 e. The number of aromatic nitrogens is 4. The van der Waals surface area contributed by atoms with Crippen molar-refractivity contribution in [3.63, 3.8) is 0 Å². The van der Waals surface area contributed by atoms with Gasteiger partial charge >= 0.3 is 0 Å². The van der Waals surface area contributed by atoms with E-state index in [1.165, 1.54) is 11.8 Å². The Morgan fingerprint density at radius 1 is 1.07 bits per heavy atom. The van der Waals surface area contributed by atoms with Crippen molar-refractivity contribution in [3.8, 4) is 5.69 Å². The van der Waals surface area contributed by atoms with Gasteiger partial charge in [0.1, 0.15) is 0 Å². The van der Waals surface area contributed by atoms with Crippen molar-refractivity contribution in [1.29, 1.82) is 0 Å². The number of rotatable bonds is 5. The molecule has 3 aromatic carbocycles. The number of amides is 1. The Labute approximate surface area is 170 Å². The van der Waals surface area contributed by atoms with Crippen LogP contribution in [0.3, 0.4) is 0 Å². The molecular weight excluding hydrogens is 394 g/mol. The fourth-order valence-electron chi connectivity index (χ4n) is 2.78. The Morgan fingerprint density at radius 2 is 1.82 bits per heavy atom. The van der Waals surface area contributed by atoms with E-state index in [0.717, 1.165) is 22.1 Å². The predicted octanol–water partition coefficient (Wildman–Crippen LogP) is 4.59. The molecule has 1 N–H and O–H groups in total. The second-order valence-electron chi connectivity index (χ2n) is 6.13. The highest BCUT2D eigenvalue weighted by Crippen LogP contribution is 2.27. The molecule has 0 aliphatic rings. The molecule has 1 atom stereocenters. The fourth-order valence-corrected chi connectivity index (χ4v) is 3.71. The molecule has 6 nitrogen and oxygen atoms in total. The van der Waals surface area contributed by atoms with Crippen LogP contribution in [0.1, 0.15) is 6.92 Å². The lowest BCUT2D eigenvalue weighted by molar-refractivity contribution is -0.115. The third-order valence-corrected chi connectivity index (χ3v) is 5.50. The quantitative estimate of drug-likeness (QED) is 0.488. The van der Waals surface area contributed by atoms with Crippen molar-refractivity contribution in [2.45, 2.75) is 17.3 Å². The van der Waals surface area contributed by atoms with Crippen LogP contribution in [-0.2, 0) is 4.79 Å². The molecule has 0 aliphatic carbocycles. The highest BCUT2D eigenvalue weighted by atomic mass is 35.5. The summed E-state index contributed by atoms with van der Waals surface area (Å²) < 4.78 is 1.59. The third kappa shape index (κ3) is 3.85. The number of anilines is 1. The standard InChI is InChI=1S/C20H16ClN5OS/c1-13(19(27)22-18-8-4-6-14-5-2-3-7-17(14)18)28-20-23-24-25-26(20)16-11-9-15(21)10-12-16/h2-13H,1H3,(H,22,27). The lowest BCUT2D eigenvalue weighted by Gasteiger charge is -2.13. The number of fused-ring (bicyclic) bond motifs is 1. The molecule has 0 saturated carbocycles. The van der Waals surface area contributed by atoms with Crippen molar-refractivity contribution < 1.29 is 4.79 Å². The number of carbonyl (C=O) groups excluding carboxylic acids is 1. The molecule has 0 bridgehead atoms. The smallest absolute Gasteiger partial charge is 0.237 e. The SMILES string of the molecule is CC(Sc1nnnn1-c1ccc(Cl)cc1)C(=O)Nc1cccc2ccccc12. The molecule has 0 fully saturated rings. The Balaban J connectivity index is 1.51. The number of nitrogens with one attached hydrogen (secondary N) is 1. The van der Waals surface area contributed by atoms with Gasteiger partial charge in [-0.2, -0.15) is 4.68 Å². The van der Waals surface area contributed by atoms with Crippen LogP contribution in [0, 0.1) is 0 Å². The Morgan fingerprint density at radius 3 is 2.64 bits per heavy atom. The minimum absolute atomic E-state index is 0.119. The number of tetrazole rings is 1. The number of benzene rings is 3. The zero-order valence-corrected chi connectivity index (χ0v) is 16.5. The molecule has 0 saturated heterocycles. The van der Waals surface area contributed by atoms with E-state index in [1.54, 1.807) is 16.8 Å². The molecule has 8 heteroatoms. The van der Waals surface area contributed by atoms with E-state index in [0.29, 0.717) is 10.2 Å². The first kappa shape index (κ1) is 18.5. The second-order valence-corrected chi connectivity index (χ2v) is 7.87. The van der Waals surface area contributed by atoms with E-state index < -0.39 is 5.25 Å². The van der Waals surface area contributed by atoms with Crippen LogP contribution >= 0.6 is 23.4 Å². The maximum atomic E-state index is 12.7. The van der Waals surface area contributed by atoms with E-state index in [-0.39, 0.29) is 5.91 Å². The normalized spacial score (nSPS) is 12.1. The first-order chi connectivity index (χ1) is 13.6. The number of thioether (sulfide) groups is 1. The van der Waals surface area contributed by atoms with E-state index in [9.17, 15) is 4.79 Å². The zero-order chi connectivity index (χ0) is 19.5. The summed E-state index contributed by atoms with van der Waals surface area (Å²) in [7, 11) is 0. The lowest BCUT2D eigenvalue weighted by Crippen LogP contribution is -2.23. The summed E-state index contributed by atoms with van der Waals surface area (Å²) in [6.07, 6.45) is 0. The molecule has 1 aromatic heterocycles. The lowest BCUT2D eigenvalue weighted by atomic mass is 10.1. The van der Waals surface area contributed by atoms with Gasteiger partial charge in [0, 0.05) is 16.1 Å². The average molecular weight is 410 g/mol. The van der Waals surface area contributed by atoms with Crippen LogP contribution < -0.4 is 5.32 Å². The summed E-state index contributed by atoms with van der Waals surface area (Å²) in [5.41, 5.74) is 1.56. The van der Waals surface area contributed by atoms with Gasteiger partial charge in [-0.05, 0) is 53.1 Å². The van der Waals surface area contributed by atoms with Crippen LogP contribution in [0.2, 0.25) is 5.02 Å². The highest BCUT2D eigenvalue weighted by Gasteiger charge is 2.20. The molecule has 0 spiro atoms. The van der Waals surface area contributed by atoms with Gasteiger partial charge in [0.2, 0.25) is 11.1 Å². The van der Waals surface area contributed by atoms with E-state index >= 15 is 0 Å². The summed E-state index contributed by atoms with van der Waals surface area (Å²) in [5, 5.41) is 17.7. The molecule has 1 heterocycles. The van der Waals surface area contributed by atoms with Gasteiger partial charge < -0.3 is 5.32 Å². The number of hydrogen-bond donors (Lipinski definition) is 1.